The number of aromatic nitrogens is 3. The molecule has 160 valence electrons. The van der Waals surface area contributed by atoms with Crippen molar-refractivity contribution < 1.29 is 9.26 Å². The van der Waals surface area contributed by atoms with E-state index in [1.807, 2.05) is 13.0 Å². The summed E-state index contributed by atoms with van der Waals surface area (Å²) in [6.07, 6.45) is 0. The van der Waals surface area contributed by atoms with Gasteiger partial charge in [0.05, 0.1) is 29.9 Å². The van der Waals surface area contributed by atoms with Crippen LogP contribution in [0.4, 0.5) is 5.69 Å². The minimum absolute atomic E-state index is 0.750. The molecule has 6 heteroatoms. The molecule has 0 bridgehead atoms. The minimum atomic E-state index is 0.750. The molecular weight excluding hydrogens is 400 g/mol. The summed E-state index contributed by atoms with van der Waals surface area (Å²) in [4.78, 5) is 7.44. The van der Waals surface area contributed by atoms with Crippen molar-refractivity contribution in [1.82, 2.24) is 14.7 Å². The monoisotopic (exact) mass is 424 g/mol. The molecule has 1 fully saturated rings. The minimum Gasteiger partial charge on any atom is -0.378 e. The first-order chi connectivity index (χ1) is 15.8. The Hall–Kier alpha value is -3.64. The summed E-state index contributed by atoms with van der Waals surface area (Å²) in [5, 5.41) is 5.13. The van der Waals surface area contributed by atoms with Crippen molar-refractivity contribution in [3.8, 4) is 11.4 Å². The van der Waals surface area contributed by atoms with E-state index >= 15 is 0 Å². The molecule has 2 aromatic heterocycles. The summed E-state index contributed by atoms with van der Waals surface area (Å²) >= 11 is 0. The van der Waals surface area contributed by atoms with E-state index in [0.717, 1.165) is 71.9 Å². The van der Waals surface area contributed by atoms with Crippen LogP contribution in [0.2, 0.25) is 0 Å². The smallest absolute Gasteiger partial charge is 0.167 e. The summed E-state index contributed by atoms with van der Waals surface area (Å²) in [5.41, 5.74) is 7.33. The average molecular weight is 425 g/mol. The fourth-order valence-corrected chi connectivity index (χ4v) is 4.47. The number of hydrogen-bond acceptors (Lipinski definition) is 5. The average Bonchev–Trinajstić information content (AvgIpc) is 3.40. The summed E-state index contributed by atoms with van der Waals surface area (Å²) in [6.45, 7) is 6.08. The first kappa shape index (κ1) is 19.1. The van der Waals surface area contributed by atoms with Crippen molar-refractivity contribution in [2.24, 2.45) is 0 Å². The van der Waals surface area contributed by atoms with E-state index in [2.05, 4.69) is 75.3 Å². The molecule has 6 rings (SSSR count). The Morgan fingerprint density at radius 3 is 2.62 bits per heavy atom. The number of fused-ring (bicyclic) bond motifs is 2. The van der Waals surface area contributed by atoms with Gasteiger partial charge in [-0.05, 0) is 48.9 Å². The summed E-state index contributed by atoms with van der Waals surface area (Å²) in [7, 11) is 0. The summed E-state index contributed by atoms with van der Waals surface area (Å²) in [5.74, 6) is 0.950. The van der Waals surface area contributed by atoms with Gasteiger partial charge in [-0.15, -0.1) is 0 Å². The van der Waals surface area contributed by atoms with Gasteiger partial charge < -0.3 is 18.7 Å². The topological polar surface area (TPSA) is 56.3 Å². The molecule has 1 aliphatic heterocycles. The van der Waals surface area contributed by atoms with E-state index < -0.39 is 0 Å². The van der Waals surface area contributed by atoms with E-state index in [1.54, 1.807) is 0 Å². The second-order valence-corrected chi connectivity index (χ2v) is 8.26. The Morgan fingerprint density at radius 1 is 0.938 bits per heavy atom. The molecule has 3 heterocycles. The summed E-state index contributed by atoms with van der Waals surface area (Å²) in [6, 6.07) is 23.3. The Labute approximate surface area is 186 Å². The van der Waals surface area contributed by atoms with Gasteiger partial charge in [-0.2, -0.15) is 0 Å². The highest BCUT2D eigenvalue weighted by Gasteiger charge is 2.18. The predicted octanol–water partition coefficient (Wildman–Crippen LogP) is 5.04. The molecule has 6 nitrogen and oxygen atoms in total. The SMILES string of the molecule is Cc1noc2ccc(-c3nc4ccc(N5CCOCC5)cc4n3Cc3ccccc3)cc12. The lowest BCUT2D eigenvalue weighted by Crippen LogP contribution is -2.36. The number of aryl methyl sites for hydroxylation is 1. The maximum Gasteiger partial charge on any atom is 0.167 e. The van der Waals surface area contributed by atoms with Crippen molar-refractivity contribution in [2.75, 3.05) is 31.2 Å². The van der Waals surface area contributed by atoms with Crippen LogP contribution in [0.25, 0.3) is 33.4 Å². The van der Waals surface area contributed by atoms with Crippen LogP contribution in [0.15, 0.2) is 71.3 Å². The lowest BCUT2D eigenvalue weighted by molar-refractivity contribution is 0.122. The molecule has 1 saturated heterocycles. The number of morpholine rings is 1. The number of ether oxygens (including phenoxy) is 1. The van der Waals surface area contributed by atoms with E-state index in [1.165, 1.54) is 11.3 Å². The van der Waals surface area contributed by atoms with Crippen LogP contribution < -0.4 is 4.90 Å². The Morgan fingerprint density at radius 2 is 1.78 bits per heavy atom. The first-order valence-corrected chi connectivity index (χ1v) is 11.0. The predicted molar refractivity (Wildman–Crippen MR) is 126 cm³/mol. The molecule has 3 aromatic carbocycles. The zero-order valence-corrected chi connectivity index (χ0v) is 18.0. The zero-order valence-electron chi connectivity index (χ0n) is 18.0. The molecule has 5 aromatic rings. The molecule has 0 amide bonds. The van der Waals surface area contributed by atoms with Crippen molar-refractivity contribution in [3.05, 3.63) is 78.0 Å². The maximum atomic E-state index is 5.54. The lowest BCUT2D eigenvalue weighted by Gasteiger charge is -2.28. The van der Waals surface area contributed by atoms with Crippen LogP contribution in [-0.4, -0.2) is 41.0 Å². The highest BCUT2D eigenvalue weighted by Crippen LogP contribution is 2.31. The molecule has 0 atom stereocenters. The van der Waals surface area contributed by atoms with Gasteiger partial charge in [-0.25, -0.2) is 4.98 Å². The van der Waals surface area contributed by atoms with E-state index in [4.69, 9.17) is 14.2 Å². The van der Waals surface area contributed by atoms with Crippen molar-refractivity contribution in [1.29, 1.82) is 0 Å². The van der Waals surface area contributed by atoms with Gasteiger partial charge in [-0.3, -0.25) is 0 Å². The second-order valence-electron chi connectivity index (χ2n) is 8.26. The third-order valence-corrected chi connectivity index (χ3v) is 6.20. The maximum absolute atomic E-state index is 5.54. The number of imidazole rings is 1. The highest BCUT2D eigenvalue weighted by atomic mass is 16.5. The largest absolute Gasteiger partial charge is 0.378 e. The standard InChI is InChI=1S/C26H24N4O2/c1-18-22-15-20(7-10-25(22)32-28-18)26-27-23-9-8-21(29-11-13-31-14-12-29)16-24(23)30(26)17-19-5-3-2-4-6-19/h2-10,15-16H,11-14,17H2,1H3. The number of benzene rings is 3. The number of hydrogen-bond donors (Lipinski definition) is 0. The quantitative estimate of drug-likeness (QED) is 0.405. The molecule has 0 unspecified atom stereocenters. The molecular formula is C26H24N4O2. The van der Waals surface area contributed by atoms with Gasteiger partial charge in [0.1, 0.15) is 5.82 Å². The van der Waals surface area contributed by atoms with E-state index in [0.29, 0.717) is 0 Å². The fourth-order valence-electron chi connectivity index (χ4n) is 4.47. The highest BCUT2D eigenvalue weighted by molar-refractivity contribution is 5.88. The van der Waals surface area contributed by atoms with Gasteiger partial charge in [0.2, 0.25) is 0 Å². The molecule has 1 aliphatic rings. The Balaban J connectivity index is 1.52. The molecule has 0 N–H and O–H groups in total. The van der Waals surface area contributed by atoms with Crippen molar-refractivity contribution in [2.45, 2.75) is 13.5 Å². The molecule has 0 aliphatic carbocycles. The van der Waals surface area contributed by atoms with E-state index in [9.17, 15) is 0 Å². The van der Waals surface area contributed by atoms with Crippen LogP contribution in [0.5, 0.6) is 0 Å². The van der Waals surface area contributed by atoms with Crippen LogP contribution in [0.3, 0.4) is 0 Å². The molecule has 0 saturated carbocycles. The van der Waals surface area contributed by atoms with Crippen molar-refractivity contribution >= 4 is 27.7 Å². The van der Waals surface area contributed by atoms with Gasteiger partial charge in [0, 0.05) is 36.3 Å². The summed E-state index contributed by atoms with van der Waals surface area (Å²) < 4.78 is 13.3. The Kier molecular flexibility index (Phi) is 4.65. The van der Waals surface area contributed by atoms with Crippen LogP contribution >= 0.6 is 0 Å². The van der Waals surface area contributed by atoms with Gasteiger partial charge in [-0.1, -0.05) is 35.5 Å². The number of nitrogens with zero attached hydrogens (tertiary/aromatic N) is 4. The van der Waals surface area contributed by atoms with Gasteiger partial charge in [0.15, 0.2) is 5.58 Å². The lowest BCUT2D eigenvalue weighted by atomic mass is 10.1. The Bertz CT molecular complexity index is 1400. The van der Waals surface area contributed by atoms with Crippen LogP contribution in [0.1, 0.15) is 11.3 Å². The van der Waals surface area contributed by atoms with Crippen molar-refractivity contribution in [3.63, 3.8) is 0 Å². The van der Waals surface area contributed by atoms with Crippen LogP contribution in [-0.2, 0) is 11.3 Å². The zero-order chi connectivity index (χ0) is 21.5. The third kappa shape index (κ3) is 3.33. The van der Waals surface area contributed by atoms with Crippen LogP contribution in [0, 0.1) is 6.92 Å². The second kappa shape index (κ2) is 7.80. The number of rotatable bonds is 4. The van der Waals surface area contributed by atoms with Gasteiger partial charge >= 0.3 is 0 Å². The molecule has 0 spiro atoms. The molecule has 0 radical (unpaired) electrons. The fraction of sp³-hybridized carbons (Fsp3) is 0.231. The number of anilines is 1. The normalized spacial score (nSPS) is 14.5. The third-order valence-electron chi connectivity index (χ3n) is 6.20. The van der Waals surface area contributed by atoms with E-state index in [-0.39, 0.29) is 0 Å². The molecule has 32 heavy (non-hydrogen) atoms. The van der Waals surface area contributed by atoms with Gasteiger partial charge in [0.25, 0.3) is 0 Å². The first-order valence-electron chi connectivity index (χ1n) is 11.0.